The molecule has 1 heterocycles. The van der Waals surface area contributed by atoms with Gasteiger partial charge in [-0.3, -0.25) is 0 Å². The average molecular weight is 230 g/mol. The van der Waals surface area contributed by atoms with E-state index in [1.54, 1.807) is 12.3 Å². The number of rotatable bonds is 2. The Balaban J connectivity index is 2.08. The van der Waals surface area contributed by atoms with Crippen LogP contribution in [0.4, 0.5) is 5.82 Å². The van der Waals surface area contributed by atoms with Gasteiger partial charge in [-0.2, -0.15) is 10.4 Å². The maximum absolute atomic E-state index is 8.99. The van der Waals surface area contributed by atoms with E-state index in [9.17, 15) is 0 Å². The highest BCUT2D eigenvalue weighted by Gasteiger charge is 2.24. The second kappa shape index (κ2) is 5.13. The van der Waals surface area contributed by atoms with E-state index >= 15 is 0 Å². The van der Waals surface area contributed by atoms with Crippen LogP contribution >= 0.6 is 0 Å². The molecule has 1 aromatic heterocycles. The molecule has 17 heavy (non-hydrogen) atoms. The minimum absolute atomic E-state index is 0.414. The highest BCUT2D eigenvalue weighted by Crippen LogP contribution is 2.30. The lowest BCUT2D eigenvalue weighted by molar-refractivity contribution is 0.280. The topological polar surface area (TPSA) is 61.6 Å². The first-order valence-electron chi connectivity index (χ1n) is 6.17. The molecule has 1 fully saturated rings. The zero-order valence-corrected chi connectivity index (χ0v) is 10.3. The summed E-state index contributed by atoms with van der Waals surface area (Å²) in [5.74, 6) is 2.10. The lowest BCUT2D eigenvalue weighted by atomic mass is 9.80. The fourth-order valence-electron chi connectivity index (χ4n) is 2.79. The third-order valence-corrected chi connectivity index (χ3v) is 3.36. The first-order valence-corrected chi connectivity index (χ1v) is 6.17. The van der Waals surface area contributed by atoms with Crippen molar-refractivity contribution in [3.8, 4) is 6.07 Å². The number of anilines is 1. The Morgan fingerprint density at radius 1 is 1.29 bits per heavy atom. The number of aromatic nitrogens is 2. The van der Waals surface area contributed by atoms with Crippen molar-refractivity contribution in [2.24, 2.45) is 11.8 Å². The first-order chi connectivity index (χ1) is 8.19. The molecule has 0 radical (unpaired) electrons. The summed E-state index contributed by atoms with van der Waals surface area (Å²) in [6, 6.07) is 4.26. The van der Waals surface area contributed by atoms with Gasteiger partial charge in [0.2, 0.25) is 0 Å². The minimum Gasteiger partial charge on any atom is -0.365 e. The van der Waals surface area contributed by atoms with E-state index in [0.29, 0.717) is 17.4 Å². The third kappa shape index (κ3) is 2.94. The highest BCUT2D eigenvalue weighted by atomic mass is 15.2. The monoisotopic (exact) mass is 230 g/mol. The Morgan fingerprint density at radius 2 is 2.00 bits per heavy atom. The molecule has 0 saturated heterocycles. The van der Waals surface area contributed by atoms with Crippen molar-refractivity contribution in [3.05, 3.63) is 17.8 Å². The van der Waals surface area contributed by atoms with E-state index in [4.69, 9.17) is 5.26 Å². The zero-order valence-electron chi connectivity index (χ0n) is 10.3. The van der Waals surface area contributed by atoms with Crippen LogP contribution in [0.3, 0.4) is 0 Å². The molecule has 90 valence electrons. The molecule has 1 aliphatic rings. The van der Waals surface area contributed by atoms with Gasteiger partial charge in [-0.25, -0.2) is 0 Å². The van der Waals surface area contributed by atoms with Crippen molar-refractivity contribution in [3.63, 3.8) is 0 Å². The summed E-state index contributed by atoms with van der Waals surface area (Å²) >= 11 is 0. The molecule has 0 aliphatic heterocycles. The van der Waals surface area contributed by atoms with Gasteiger partial charge >= 0.3 is 0 Å². The molecule has 0 amide bonds. The van der Waals surface area contributed by atoms with Crippen molar-refractivity contribution in [1.82, 2.24) is 10.2 Å². The number of hydrogen-bond acceptors (Lipinski definition) is 4. The van der Waals surface area contributed by atoms with Gasteiger partial charge < -0.3 is 5.32 Å². The second-order valence-electron chi connectivity index (χ2n) is 5.16. The van der Waals surface area contributed by atoms with Crippen molar-refractivity contribution in [2.45, 2.75) is 39.2 Å². The molecule has 0 spiro atoms. The summed E-state index contributed by atoms with van der Waals surface area (Å²) in [5, 5.41) is 20.2. The molecule has 0 aromatic carbocycles. The molecule has 1 aliphatic carbocycles. The van der Waals surface area contributed by atoms with Gasteiger partial charge in [0.05, 0.1) is 11.8 Å². The van der Waals surface area contributed by atoms with Crippen LogP contribution in [0.25, 0.3) is 0 Å². The molecular weight excluding hydrogens is 212 g/mol. The highest BCUT2D eigenvalue weighted by molar-refractivity contribution is 5.50. The van der Waals surface area contributed by atoms with Crippen LogP contribution < -0.4 is 5.32 Å². The zero-order chi connectivity index (χ0) is 12.3. The molecule has 2 atom stereocenters. The van der Waals surface area contributed by atoms with Gasteiger partial charge in [-0.1, -0.05) is 13.8 Å². The van der Waals surface area contributed by atoms with E-state index in [0.717, 1.165) is 24.7 Å². The van der Waals surface area contributed by atoms with Crippen molar-refractivity contribution >= 4 is 5.82 Å². The summed E-state index contributed by atoms with van der Waals surface area (Å²) in [4.78, 5) is 0. The van der Waals surface area contributed by atoms with Gasteiger partial charge in [-0.05, 0) is 37.2 Å². The summed E-state index contributed by atoms with van der Waals surface area (Å²) in [5.41, 5.74) is 0.575. The van der Waals surface area contributed by atoms with E-state index in [1.807, 2.05) is 0 Å². The van der Waals surface area contributed by atoms with Gasteiger partial charge in [0.15, 0.2) is 5.82 Å². The maximum atomic E-state index is 8.99. The summed E-state index contributed by atoms with van der Waals surface area (Å²) in [6.45, 7) is 4.57. The maximum Gasteiger partial charge on any atom is 0.166 e. The van der Waals surface area contributed by atoms with Crippen molar-refractivity contribution in [2.75, 3.05) is 5.32 Å². The van der Waals surface area contributed by atoms with Crippen molar-refractivity contribution in [1.29, 1.82) is 5.26 Å². The van der Waals surface area contributed by atoms with Crippen LogP contribution in [0.15, 0.2) is 12.3 Å². The smallest absolute Gasteiger partial charge is 0.166 e. The Hall–Kier alpha value is -1.63. The molecule has 1 saturated carbocycles. The van der Waals surface area contributed by atoms with Gasteiger partial charge in [0.25, 0.3) is 0 Å². The number of nitrogens with zero attached hydrogens (tertiary/aromatic N) is 3. The Bertz CT molecular complexity index is 414. The molecule has 4 heteroatoms. The molecule has 2 unspecified atom stereocenters. The van der Waals surface area contributed by atoms with E-state index < -0.39 is 0 Å². The van der Waals surface area contributed by atoms with Crippen LogP contribution in [0.5, 0.6) is 0 Å². The van der Waals surface area contributed by atoms with E-state index in [1.165, 1.54) is 6.42 Å². The number of nitrogens with one attached hydrogen (secondary N) is 1. The van der Waals surface area contributed by atoms with Crippen LogP contribution in [0.1, 0.15) is 38.7 Å². The Kier molecular flexibility index (Phi) is 3.58. The first kappa shape index (κ1) is 11.8. The molecule has 2 rings (SSSR count). The van der Waals surface area contributed by atoms with Crippen LogP contribution in [0, 0.1) is 23.2 Å². The molecule has 0 bridgehead atoms. The molecule has 4 nitrogen and oxygen atoms in total. The molecular formula is C13H18N4. The van der Waals surface area contributed by atoms with Gasteiger partial charge in [-0.15, -0.1) is 5.10 Å². The second-order valence-corrected chi connectivity index (χ2v) is 5.16. The molecule has 1 N–H and O–H groups in total. The van der Waals surface area contributed by atoms with Crippen molar-refractivity contribution < 1.29 is 0 Å². The fraction of sp³-hybridized carbons (Fsp3) is 0.615. The largest absolute Gasteiger partial charge is 0.365 e. The SMILES string of the molecule is CC1CC(C)CC(Nc2nnccc2C#N)C1. The van der Waals surface area contributed by atoms with Crippen LogP contribution in [0.2, 0.25) is 0 Å². The normalized spacial score (nSPS) is 28.4. The molecule has 1 aromatic rings. The van der Waals surface area contributed by atoms with E-state index in [-0.39, 0.29) is 0 Å². The number of hydrogen-bond donors (Lipinski definition) is 1. The standard InChI is InChI=1S/C13H18N4/c1-9-5-10(2)7-12(6-9)16-13-11(8-14)3-4-15-17-13/h3-4,9-10,12H,5-7H2,1-2H3,(H,16,17). The quantitative estimate of drug-likeness (QED) is 0.848. The van der Waals surface area contributed by atoms with Crippen LogP contribution in [-0.4, -0.2) is 16.2 Å². The average Bonchev–Trinajstić information content (AvgIpc) is 2.28. The summed E-state index contributed by atoms with van der Waals surface area (Å²) in [6.07, 6.45) is 5.14. The third-order valence-electron chi connectivity index (χ3n) is 3.36. The summed E-state index contributed by atoms with van der Waals surface area (Å²) < 4.78 is 0. The lowest BCUT2D eigenvalue weighted by Crippen LogP contribution is -2.30. The summed E-state index contributed by atoms with van der Waals surface area (Å²) in [7, 11) is 0. The van der Waals surface area contributed by atoms with Gasteiger partial charge in [0.1, 0.15) is 6.07 Å². The van der Waals surface area contributed by atoms with Crippen LogP contribution in [-0.2, 0) is 0 Å². The minimum atomic E-state index is 0.414. The lowest BCUT2D eigenvalue weighted by Gasteiger charge is -2.32. The number of nitriles is 1. The predicted octanol–water partition coefficient (Wildman–Crippen LogP) is 2.58. The fourth-order valence-corrected chi connectivity index (χ4v) is 2.79. The Morgan fingerprint density at radius 3 is 2.65 bits per heavy atom. The Labute approximate surface area is 102 Å². The van der Waals surface area contributed by atoms with E-state index in [2.05, 4.69) is 35.4 Å². The predicted molar refractivity (Wildman–Crippen MR) is 66.3 cm³/mol. The van der Waals surface area contributed by atoms with Gasteiger partial charge in [0, 0.05) is 6.04 Å².